The Morgan fingerprint density at radius 1 is 1.39 bits per heavy atom. The van der Waals surface area contributed by atoms with Gasteiger partial charge >= 0.3 is 5.97 Å². The summed E-state index contributed by atoms with van der Waals surface area (Å²) in [5.41, 5.74) is 0.124. The Morgan fingerprint density at radius 3 is 2.78 bits per heavy atom. The molecule has 0 saturated carbocycles. The van der Waals surface area contributed by atoms with Crippen molar-refractivity contribution in [3.63, 3.8) is 0 Å². The van der Waals surface area contributed by atoms with Gasteiger partial charge < -0.3 is 9.15 Å². The minimum absolute atomic E-state index is 0.293. The lowest BCUT2D eigenvalue weighted by Gasteiger charge is -2.22. The fourth-order valence-corrected chi connectivity index (χ4v) is 1.76. The van der Waals surface area contributed by atoms with Crippen LogP contribution in [0.3, 0.4) is 0 Å². The molecule has 0 fully saturated rings. The Morgan fingerprint density at radius 2 is 2.11 bits per heavy atom. The van der Waals surface area contributed by atoms with E-state index in [2.05, 4.69) is 5.32 Å². The first-order valence-electron chi connectivity index (χ1n) is 5.84. The van der Waals surface area contributed by atoms with Crippen molar-refractivity contribution in [1.82, 2.24) is 5.32 Å². The van der Waals surface area contributed by atoms with E-state index in [-0.39, 0.29) is 5.97 Å². The molecule has 0 aliphatic heterocycles. The van der Waals surface area contributed by atoms with Crippen LogP contribution in [-0.2, 0) is 16.1 Å². The number of para-hydroxylation sites is 1. The number of esters is 1. The zero-order valence-corrected chi connectivity index (χ0v) is 10.8. The van der Waals surface area contributed by atoms with Crippen LogP contribution in [0.4, 0.5) is 0 Å². The van der Waals surface area contributed by atoms with Crippen LogP contribution in [0.5, 0.6) is 0 Å². The van der Waals surface area contributed by atoms with Gasteiger partial charge in [-0.25, -0.2) is 0 Å². The van der Waals surface area contributed by atoms with E-state index in [4.69, 9.17) is 9.15 Å². The van der Waals surface area contributed by atoms with Crippen LogP contribution in [0, 0.1) is 0 Å². The van der Waals surface area contributed by atoms with E-state index in [1.165, 1.54) is 7.11 Å². The van der Waals surface area contributed by atoms with E-state index < -0.39 is 5.54 Å². The molecule has 4 heteroatoms. The number of fused-ring (bicyclic) bond motifs is 1. The van der Waals surface area contributed by atoms with Gasteiger partial charge in [-0.1, -0.05) is 18.2 Å². The lowest BCUT2D eigenvalue weighted by molar-refractivity contribution is -0.147. The highest BCUT2D eigenvalue weighted by atomic mass is 16.5. The first-order valence-corrected chi connectivity index (χ1v) is 5.84. The number of furan rings is 1. The molecule has 2 rings (SSSR count). The van der Waals surface area contributed by atoms with Crippen LogP contribution in [0.1, 0.15) is 19.6 Å². The highest BCUT2D eigenvalue weighted by Gasteiger charge is 2.28. The van der Waals surface area contributed by atoms with Crippen molar-refractivity contribution in [3.8, 4) is 0 Å². The van der Waals surface area contributed by atoms with Crippen LogP contribution < -0.4 is 5.32 Å². The maximum Gasteiger partial charge on any atom is 0.325 e. The molecule has 1 N–H and O–H groups in total. The summed E-state index contributed by atoms with van der Waals surface area (Å²) in [4.78, 5) is 11.5. The van der Waals surface area contributed by atoms with Gasteiger partial charge in [-0.05, 0) is 26.0 Å². The summed E-state index contributed by atoms with van der Waals surface area (Å²) in [5.74, 6) is 0.506. The number of carbonyl (C=O) groups excluding carboxylic acids is 1. The first kappa shape index (κ1) is 12.6. The Kier molecular flexibility index (Phi) is 3.39. The molecule has 0 amide bonds. The Hall–Kier alpha value is -1.81. The summed E-state index contributed by atoms with van der Waals surface area (Å²) in [7, 11) is 1.38. The van der Waals surface area contributed by atoms with E-state index in [9.17, 15) is 4.79 Å². The maximum absolute atomic E-state index is 11.5. The summed E-state index contributed by atoms with van der Waals surface area (Å²) < 4.78 is 10.4. The predicted molar refractivity (Wildman–Crippen MR) is 69.1 cm³/mol. The van der Waals surface area contributed by atoms with Gasteiger partial charge in [0.05, 0.1) is 13.7 Å². The Bertz CT molecular complexity index is 524. The minimum Gasteiger partial charge on any atom is -0.468 e. The standard InChI is InChI=1S/C14H17NO3/c1-14(2,13(16)17-3)15-9-11-8-10-6-4-5-7-12(10)18-11/h4-8,15H,9H2,1-3H3. The molecule has 4 nitrogen and oxygen atoms in total. The predicted octanol–water partition coefficient (Wildman–Crippen LogP) is 2.47. The van der Waals surface area contributed by atoms with Gasteiger partial charge in [0, 0.05) is 5.39 Å². The molecule has 0 atom stereocenters. The Balaban J connectivity index is 2.08. The van der Waals surface area contributed by atoms with Crippen molar-refractivity contribution in [2.75, 3.05) is 7.11 Å². The molecule has 0 radical (unpaired) electrons. The topological polar surface area (TPSA) is 51.5 Å². The van der Waals surface area contributed by atoms with E-state index in [0.29, 0.717) is 6.54 Å². The van der Waals surface area contributed by atoms with Crippen molar-refractivity contribution in [1.29, 1.82) is 0 Å². The molecule has 18 heavy (non-hydrogen) atoms. The molecule has 0 spiro atoms. The van der Waals surface area contributed by atoms with Gasteiger partial charge in [-0.3, -0.25) is 10.1 Å². The summed E-state index contributed by atoms with van der Waals surface area (Å²) >= 11 is 0. The van der Waals surface area contributed by atoms with E-state index in [1.807, 2.05) is 30.3 Å². The monoisotopic (exact) mass is 247 g/mol. The van der Waals surface area contributed by atoms with Crippen LogP contribution in [0.2, 0.25) is 0 Å². The highest BCUT2D eigenvalue weighted by molar-refractivity contribution is 5.80. The fraction of sp³-hybridized carbons (Fsp3) is 0.357. The molecule has 0 unspecified atom stereocenters. The lowest BCUT2D eigenvalue weighted by Crippen LogP contribution is -2.46. The highest BCUT2D eigenvalue weighted by Crippen LogP contribution is 2.19. The first-order chi connectivity index (χ1) is 8.53. The summed E-state index contributed by atoms with van der Waals surface area (Å²) in [6.07, 6.45) is 0. The van der Waals surface area contributed by atoms with E-state index in [1.54, 1.807) is 13.8 Å². The molecular weight excluding hydrogens is 230 g/mol. The number of hydrogen-bond acceptors (Lipinski definition) is 4. The molecule has 2 aromatic rings. The summed E-state index contributed by atoms with van der Waals surface area (Å²) in [6.45, 7) is 4.04. The van der Waals surface area contributed by atoms with Gasteiger partial charge in [0.2, 0.25) is 0 Å². The number of methoxy groups -OCH3 is 1. The third kappa shape index (κ3) is 2.54. The molecule has 96 valence electrons. The molecule has 1 aromatic heterocycles. The van der Waals surface area contributed by atoms with Crippen molar-refractivity contribution < 1.29 is 13.9 Å². The van der Waals surface area contributed by atoms with Gasteiger partial charge in [0.15, 0.2) is 0 Å². The number of ether oxygens (including phenoxy) is 1. The molecular formula is C14H17NO3. The fourth-order valence-electron chi connectivity index (χ4n) is 1.76. The molecule has 0 saturated heterocycles. The van der Waals surface area contributed by atoms with Crippen molar-refractivity contribution in [2.45, 2.75) is 25.9 Å². The third-order valence-electron chi connectivity index (χ3n) is 2.88. The quantitative estimate of drug-likeness (QED) is 0.843. The van der Waals surface area contributed by atoms with E-state index >= 15 is 0 Å². The zero-order chi connectivity index (χ0) is 13.2. The van der Waals surface area contributed by atoms with Crippen molar-refractivity contribution >= 4 is 16.9 Å². The smallest absolute Gasteiger partial charge is 0.325 e. The SMILES string of the molecule is COC(=O)C(C)(C)NCc1cc2ccccc2o1. The van der Waals surface area contributed by atoms with Crippen molar-refractivity contribution in [3.05, 3.63) is 36.1 Å². The van der Waals surface area contributed by atoms with Gasteiger partial charge in [-0.2, -0.15) is 0 Å². The van der Waals surface area contributed by atoms with Crippen LogP contribution in [-0.4, -0.2) is 18.6 Å². The van der Waals surface area contributed by atoms with Crippen LogP contribution >= 0.6 is 0 Å². The number of carbonyl (C=O) groups is 1. The summed E-state index contributed by atoms with van der Waals surface area (Å²) in [6, 6.07) is 9.78. The molecule has 1 heterocycles. The second-order valence-corrected chi connectivity index (χ2v) is 4.72. The molecule has 0 aliphatic carbocycles. The molecule has 1 aromatic carbocycles. The van der Waals surface area contributed by atoms with Gasteiger partial charge in [-0.15, -0.1) is 0 Å². The average molecular weight is 247 g/mol. The van der Waals surface area contributed by atoms with Crippen LogP contribution in [0.15, 0.2) is 34.7 Å². The Labute approximate surface area is 106 Å². The van der Waals surface area contributed by atoms with Crippen molar-refractivity contribution in [2.24, 2.45) is 0 Å². The number of nitrogens with one attached hydrogen (secondary N) is 1. The molecule has 0 aliphatic rings. The van der Waals surface area contributed by atoms with Gasteiger partial charge in [0.1, 0.15) is 16.9 Å². The zero-order valence-electron chi connectivity index (χ0n) is 10.8. The normalized spacial score (nSPS) is 11.7. The van der Waals surface area contributed by atoms with E-state index in [0.717, 1.165) is 16.7 Å². The third-order valence-corrected chi connectivity index (χ3v) is 2.88. The molecule has 0 bridgehead atoms. The number of hydrogen-bond donors (Lipinski definition) is 1. The number of rotatable bonds is 4. The number of benzene rings is 1. The minimum atomic E-state index is -0.728. The largest absolute Gasteiger partial charge is 0.468 e. The lowest BCUT2D eigenvalue weighted by atomic mass is 10.1. The second-order valence-electron chi connectivity index (χ2n) is 4.72. The van der Waals surface area contributed by atoms with Crippen LogP contribution in [0.25, 0.3) is 11.0 Å². The summed E-state index contributed by atoms with van der Waals surface area (Å²) in [5, 5.41) is 4.18. The second kappa shape index (κ2) is 4.82. The average Bonchev–Trinajstić information content (AvgIpc) is 2.78. The van der Waals surface area contributed by atoms with Gasteiger partial charge in [0.25, 0.3) is 0 Å². The maximum atomic E-state index is 11.5.